The van der Waals surface area contributed by atoms with Crippen molar-refractivity contribution in [2.45, 2.75) is 182 Å². The van der Waals surface area contributed by atoms with Crippen molar-refractivity contribution in [2.24, 2.45) is 34.7 Å². The number of carbonyl (C=O) groups excluding carboxylic acids is 8. The zero-order chi connectivity index (χ0) is 56.1. The number of rotatable bonds is 33. The van der Waals surface area contributed by atoms with Gasteiger partial charge in [0, 0.05) is 77.4 Å². The molecule has 0 unspecified atom stereocenters. The Hall–Kier alpha value is -5.33. The van der Waals surface area contributed by atoms with Gasteiger partial charge in [-0.15, -0.1) is 0 Å². The Bertz CT molecular complexity index is 2090. The molecule has 2 heterocycles. The number of carbonyl (C=O) groups is 8. The maximum Gasteiger partial charge on any atom is 0.306 e. The Morgan fingerprint density at radius 2 is 1.47 bits per heavy atom. The summed E-state index contributed by atoms with van der Waals surface area (Å²) >= 11 is 0. The van der Waals surface area contributed by atoms with Crippen LogP contribution >= 0.6 is 0 Å². The molecule has 1 saturated heterocycles. The molecular formula is C57H91N7O11. The zero-order valence-corrected chi connectivity index (χ0v) is 47.6. The van der Waals surface area contributed by atoms with Gasteiger partial charge in [-0.2, -0.15) is 5.10 Å². The maximum absolute atomic E-state index is 14.5. The third-order valence-corrected chi connectivity index (χ3v) is 15.0. The normalized spacial score (nSPS) is 18.6. The number of likely N-dealkylation sites (tertiary alicyclic amines) is 1. The highest BCUT2D eigenvalue weighted by molar-refractivity contribution is 6.12. The van der Waals surface area contributed by atoms with E-state index in [1.807, 2.05) is 90.9 Å². The van der Waals surface area contributed by atoms with Crippen molar-refractivity contribution in [3.8, 4) is 0 Å². The van der Waals surface area contributed by atoms with Crippen LogP contribution in [-0.2, 0) is 52.6 Å². The van der Waals surface area contributed by atoms with E-state index in [1.165, 1.54) is 24.2 Å². The van der Waals surface area contributed by atoms with Crippen LogP contribution in [0, 0.1) is 29.6 Å². The lowest BCUT2D eigenvalue weighted by atomic mass is 9.83. The number of nitrogens with one attached hydrogen (secondary N) is 2. The molecule has 0 aromatic heterocycles. The van der Waals surface area contributed by atoms with Gasteiger partial charge in [0.25, 0.3) is 11.8 Å². The van der Waals surface area contributed by atoms with Crippen LogP contribution in [-0.4, -0.2) is 157 Å². The second-order valence-electron chi connectivity index (χ2n) is 21.6. The highest BCUT2D eigenvalue weighted by Gasteiger charge is 2.44. The molecule has 1 aromatic rings. The zero-order valence-electron chi connectivity index (χ0n) is 47.6. The molecule has 2 aliphatic rings. The fourth-order valence-corrected chi connectivity index (χ4v) is 10.6. The van der Waals surface area contributed by atoms with Crippen LogP contribution in [0.3, 0.4) is 0 Å². The molecule has 18 heteroatoms. The Labute approximate surface area is 447 Å². The monoisotopic (exact) mass is 1050 g/mol. The predicted octanol–water partition coefficient (Wildman–Crippen LogP) is 6.66. The molecule has 10 atom stereocenters. The Morgan fingerprint density at radius 1 is 0.813 bits per heavy atom. The largest absolute Gasteiger partial charge is 0.455 e. The van der Waals surface area contributed by atoms with E-state index < -0.39 is 54.2 Å². The molecule has 3 rings (SSSR count). The van der Waals surface area contributed by atoms with Crippen LogP contribution in [0.5, 0.6) is 0 Å². The number of methoxy groups -OCH3 is 2. The molecule has 6 amide bonds. The number of esters is 1. The number of imide groups is 1. The van der Waals surface area contributed by atoms with Crippen LogP contribution in [0.1, 0.15) is 151 Å². The fourth-order valence-electron chi connectivity index (χ4n) is 10.6. The van der Waals surface area contributed by atoms with E-state index in [1.54, 1.807) is 44.7 Å². The number of Topliss-reactive ketones (excluding diaryl/α,β-unsaturated/α-hetero) is 1. The summed E-state index contributed by atoms with van der Waals surface area (Å²) in [6.45, 7) is 18.1. The average molecular weight is 1050 g/mol. The van der Waals surface area contributed by atoms with Crippen molar-refractivity contribution < 1.29 is 52.6 Å². The highest BCUT2D eigenvalue weighted by atomic mass is 16.5. The first-order valence-corrected chi connectivity index (χ1v) is 27.2. The first-order valence-electron chi connectivity index (χ1n) is 27.2. The summed E-state index contributed by atoms with van der Waals surface area (Å²) in [6, 6.07) is 7.35. The second kappa shape index (κ2) is 31.7. The van der Waals surface area contributed by atoms with Gasteiger partial charge in [0.1, 0.15) is 6.10 Å². The maximum atomic E-state index is 14.5. The van der Waals surface area contributed by atoms with Crippen LogP contribution in [0.15, 0.2) is 47.6 Å². The summed E-state index contributed by atoms with van der Waals surface area (Å²) in [4.78, 5) is 112. The van der Waals surface area contributed by atoms with E-state index in [4.69, 9.17) is 14.2 Å². The lowest BCUT2D eigenvalue weighted by Gasteiger charge is -2.41. The van der Waals surface area contributed by atoms with Gasteiger partial charge in [-0.3, -0.25) is 48.2 Å². The summed E-state index contributed by atoms with van der Waals surface area (Å²) in [5.74, 6) is -3.29. The molecule has 1 fully saturated rings. The minimum atomic E-state index is -0.816. The molecule has 75 heavy (non-hydrogen) atoms. The van der Waals surface area contributed by atoms with Gasteiger partial charge in [-0.1, -0.05) is 91.6 Å². The summed E-state index contributed by atoms with van der Waals surface area (Å²) in [5, 5.41) is 7.25. The lowest BCUT2D eigenvalue weighted by molar-refractivity contribution is -0.152. The summed E-state index contributed by atoms with van der Waals surface area (Å²) in [5.41, 5.74) is 3.89. The minimum absolute atomic E-state index is 0.00183. The van der Waals surface area contributed by atoms with Crippen LogP contribution < -0.4 is 10.7 Å². The molecule has 18 nitrogen and oxygen atoms in total. The smallest absolute Gasteiger partial charge is 0.306 e. The fraction of sp³-hybridized carbons (Fsp3) is 0.702. The number of hydrogen-bond acceptors (Lipinski definition) is 13. The molecule has 0 radical (unpaired) electrons. The van der Waals surface area contributed by atoms with E-state index in [2.05, 4.69) is 15.8 Å². The second-order valence-corrected chi connectivity index (χ2v) is 21.6. The number of unbranched alkanes of at least 4 members (excludes halogenated alkanes) is 2. The first-order chi connectivity index (χ1) is 35.5. The van der Waals surface area contributed by atoms with Crippen molar-refractivity contribution in [3.05, 3.63) is 48.0 Å². The van der Waals surface area contributed by atoms with Gasteiger partial charge < -0.3 is 29.3 Å². The SMILES string of the molecule is CC[C@H](C)[C@@H]([C@@H](CC(=O)N1CCC[C@H]1[C@H](OC)[C@@H](C)C(=O)N[C@@H](C)[C@H](OC(=O)CCC/C(C)=N/NC(=O)CCCCCN1C(=O)C=CC1=O)c1ccccc1)OC)N(C)C(=O)[C@@H](CC(=O)[C@H](C(C)C)N(C)C)C(C)C. The average Bonchev–Trinajstić information content (AvgIpc) is 3.98. The third kappa shape index (κ3) is 19.0. The van der Waals surface area contributed by atoms with Crippen molar-refractivity contribution in [1.29, 1.82) is 0 Å². The van der Waals surface area contributed by atoms with Gasteiger partial charge in [-0.05, 0) is 89.8 Å². The van der Waals surface area contributed by atoms with Gasteiger partial charge in [0.05, 0.1) is 48.7 Å². The van der Waals surface area contributed by atoms with Crippen molar-refractivity contribution in [1.82, 2.24) is 30.3 Å². The molecule has 0 bridgehead atoms. The number of hydrogen-bond donors (Lipinski definition) is 2. The number of likely N-dealkylation sites (N-methyl/N-ethyl adjacent to an activating group) is 2. The standard InChI is InChI=1S/C57H91N7O11/c1-15-38(6)53(62(12)57(72)43(36(2)3)34-45(65)52(37(4)5)61(10)11)46(73-13)35-50(69)63-33-23-27-44(63)54(74-14)40(8)56(71)58-41(9)55(42-25-18-16-19-26-42)75-51(70)29-22-24-39(7)59-60-47(66)28-20-17-21-32-64-48(67)30-31-49(64)68/h16,18-19,25-26,30-31,36-38,40-41,43-44,46,52-55H,15,17,20-24,27-29,32-35H2,1-14H3,(H,58,71)(H,60,66)/b59-39+/t38-,40+,41-,43-,44-,46+,52-,53-,54+,55-/m0/s1. The number of nitrogens with zero attached hydrogens (tertiary/aromatic N) is 5. The topological polar surface area (TPSA) is 214 Å². The van der Waals surface area contributed by atoms with E-state index >= 15 is 0 Å². The summed E-state index contributed by atoms with van der Waals surface area (Å²) < 4.78 is 18.2. The molecule has 2 aliphatic heterocycles. The molecule has 420 valence electrons. The van der Waals surface area contributed by atoms with E-state index in [-0.39, 0.29) is 90.7 Å². The molecule has 0 saturated carbocycles. The minimum Gasteiger partial charge on any atom is -0.455 e. The molecule has 0 spiro atoms. The van der Waals surface area contributed by atoms with E-state index in [0.29, 0.717) is 69.3 Å². The quantitative estimate of drug-likeness (QED) is 0.0249. The van der Waals surface area contributed by atoms with Crippen LogP contribution in [0.4, 0.5) is 0 Å². The summed E-state index contributed by atoms with van der Waals surface area (Å²) in [6.07, 6.45) is 5.52. The Balaban J connectivity index is 1.63. The summed E-state index contributed by atoms with van der Waals surface area (Å²) in [7, 11) is 8.63. The number of hydrazone groups is 1. The molecule has 2 N–H and O–H groups in total. The van der Waals surface area contributed by atoms with Gasteiger partial charge in [0.2, 0.25) is 23.6 Å². The Morgan fingerprint density at radius 3 is 2.04 bits per heavy atom. The molecule has 1 aromatic carbocycles. The van der Waals surface area contributed by atoms with Crippen LogP contribution in [0.25, 0.3) is 0 Å². The number of benzene rings is 1. The van der Waals surface area contributed by atoms with Crippen LogP contribution in [0.2, 0.25) is 0 Å². The van der Waals surface area contributed by atoms with E-state index in [0.717, 1.165) is 6.42 Å². The van der Waals surface area contributed by atoms with Crippen molar-refractivity contribution in [3.63, 3.8) is 0 Å². The number of ether oxygens (including phenoxy) is 3. The highest BCUT2D eigenvalue weighted by Crippen LogP contribution is 2.32. The lowest BCUT2D eigenvalue weighted by Crippen LogP contribution is -2.54. The Kier molecular flexibility index (Phi) is 27.0. The number of amides is 6. The molecule has 0 aliphatic carbocycles. The van der Waals surface area contributed by atoms with Gasteiger partial charge in [0.15, 0.2) is 5.78 Å². The van der Waals surface area contributed by atoms with Crippen molar-refractivity contribution >= 4 is 52.9 Å². The number of ketones is 1. The predicted molar refractivity (Wildman–Crippen MR) is 289 cm³/mol. The first kappa shape index (κ1) is 64.0. The van der Waals surface area contributed by atoms with Gasteiger partial charge >= 0.3 is 5.97 Å². The molecular weight excluding hydrogens is 959 g/mol. The van der Waals surface area contributed by atoms with E-state index in [9.17, 15) is 38.4 Å². The third-order valence-electron chi connectivity index (χ3n) is 15.0. The van der Waals surface area contributed by atoms with Crippen molar-refractivity contribution in [2.75, 3.05) is 48.5 Å². The van der Waals surface area contributed by atoms with Gasteiger partial charge in [-0.25, -0.2) is 5.43 Å².